The van der Waals surface area contributed by atoms with Gasteiger partial charge in [-0.05, 0) is 25.3 Å². The molecule has 0 aromatic carbocycles. The Morgan fingerprint density at radius 1 is 1.62 bits per heavy atom. The Balaban J connectivity index is 2.86. The second kappa shape index (κ2) is 4.19. The van der Waals surface area contributed by atoms with Gasteiger partial charge in [0.2, 0.25) is 0 Å². The maximum atomic E-state index is 5.50. The second-order valence-electron chi connectivity index (χ2n) is 3.42. The molecule has 74 valence electrons. The van der Waals surface area contributed by atoms with Gasteiger partial charge in [-0.15, -0.1) is 11.3 Å². The number of rotatable bonds is 4. The Hall–Kier alpha value is -0.420. The number of ether oxygens (including phenoxy) is 1. The van der Waals surface area contributed by atoms with Crippen LogP contribution in [0.4, 0.5) is 0 Å². The number of nitrogens with one attached hydrogen (secondary N) is 1. The molecular weight excluding hydrogens is 184 g/mol. The molecule has 0 aliphatic rings. The first kappa shape index (κ1) is 10.7. The van der Waals surface area contributed by atoms with Gasteiger partial charge in [0.05, 0.1) is 11.6 Å². The normalized spacial score (nSPS) is 14.5. The van der Waals surface area contributed by atoms with E-state index in [4.69, 9.17) is 10.6 Å². The molecule has 3 nitrogen and oxygen atoms in total. The number of methoxy groups -OCH3 is 1. The van der Waals surface area contributed by atoms with E-state index in [2.05, 4.69) is 11.5 Å². The summed E-state index contributed by atoms with van der Waals surface area (Å²) in [6, 6.07) is 4.10. The van der Waals surface area contributed by atoms with Crippen LogP contribution >= 0.6 is 11.3 Å². The highest BCUT2D eigenvalue weighted by molar-refractivity contribution is 7.10. The molecule has 3 N–H and O–H groups in total. The molecule has 1 heterocycles. The second-order valence-corrected chi connectivity index (χ2v) is 4.40. The predicted molar refractivity (Wildman–Crippen MR) is 55.5 cm³/mol. The minimum atomic E-state index is -0.292. The molecule has 0 bridgehead atoms. The quantitative estimate of drug-likeness (QED) is 0.574. The number of thiophene rings is 1. The average Bonchev–Trinajstić information content (AvgIpc) is 2.58. The lowest BCUT2D eigenvalue weighted by Crippen LogP contribution is -2.43. The number of nitrogens with two attached hydrogens (primary N) is 1. The van der Waals surface area contributed by atoms with Crippen LogP contribution in [0, 0.1) is 0 Å². The van der Waals surface area contributed by atoms with Gasteiger partial charge in [0.15, 0.2) is 0 Å². The summed E-state index contributed by atoms with van der Waals surface area (Å²) in [5, 5.41) is 2.03. The summed E-state index contributed by atoms with van der Waals surface area (Å²) in [5.41, 5.74) is 2.49. The Bertz CT molecular complexity index is 246. The molecule has 1 atom stereocenters. The highest BCUT2D eigenvalue weighted by Crippen LogP contribution is 2.30. The predicted octanol–water partition coefficient (Wildman–Crippen LogP) is 1.68. The van der Waals surface area contributed by atoms with Crippen molar-refractivity contribution in [3.8, 4) is 0 Å². The molecule has 0 fully saturated rings. The third-order valence-electron chi connectivity index (χ3n) is 2.22. The van der Waals surface area contributed by atoms with Crippen molar-refractivity contribution < 1.29 is 4.74 Å². The molecule has 1 aromatic heterocycles. The lowest BCUT2D eigenvalue weighted by Gasteiger charge is -2.31. The molecule has 1 aromatic rings. The highest BCUT2D eigenvalue weighted by Gasteiger charge is 2.30. The Kier molecular flexibility index (Phi) is 3.44. The fraction of sp³-hybridized carbons (Fsp3) is 0.556. The number of hydrogen-bond acceptors (Lipinski definition) is 4. The van der Waals surface area contributed by atoms with E-state index in [1.807, 2.05) is 25.3 Å². The number of hydrogen-bond donors (Lipinski definition) is 2. The Morgan fingerprint density at radius 2 is 2.31 bits per heavy atom. The van der Waals surface area contributed by atoms with Crippen LogP contribution in [-0.2, 0) is 4.74 Å². The van der Waals surface area contributed by atoms with Crippen molar-refractivity contribution in [2.75, 3.05) is 7.11 Å². The van der Waals surface area contributed by atoms with Crippen LogP contribution < -0.4 is 11.3 Å². The van der Waals surface area contributed by atoms with Crippen molar-refractivity contribution in [2.24, 2.45) is 5.84 Å². The Morgan fingerprint density at radius 3 is 2.69 bits per heavy atom. The average molecular weight is 200 g/mol. The summed E-state index contributed by atoms with van der Waals surface area (Å²) in [6.07, 6.45) is 0. The zero-order valence-corrected chi connectivity index (χ0v) is 9.02. The van der Waals surface area contributed by atoms with Crippen LogP contribution in [-0.4, -0.2) is 12.7 Å². The zero-order valence-electron chi connectivity index (χ0n) is 8.20. The molecule has 1 rings (SSSR count). The van der Waals surface area contributed by atoms with E-state index in [0.717, 1.165) is 0 Å². The van der Waals surface area contributed by atoms with E-state index in [9.17, 15) is 0 Å². The van der Waals surface area contributed by atoms with E-state index < -0.39 is 0 Å². The lowest BCUT2D eigenvalue weighted by atomic mass is 9.98. The van der Waals surface area contributed by atoms with Gasteiger partial charge < -0.3 is 4.74 Å². The first-order valence-electron chi connectivity index (χ1n) is 4.16. The van der Waals surface area contributed by atoms with Gasteiger partial charge in [-0.3, -0.25) is 5.84 Å². The van der Waals surface area contributed by atoms with E-state index >= 15 is 0 Å². The Labute approximate surface area is 82.9 Å². The molecule has 0 saturated carbocycles. The van der Waals surface area contributed by atoms with E-state index in [0.29, 0.717) is 0 Å². The minimum Gasteiger partial charge on any atom is -0.377 e. The zero-order chi connectivity index (χ0) is 9.90. The smallest absolute Gasteiger partial charge is 0.0837 e. The van der Waals surface area contributed by atoms with Crippen LogP contribution in [0.2, 0.25) is 0 Å². The lowest BCUT2D eigenvalue weighted by molar-refractivity contribution is -0.0101. The number of hydrazine groups is 1. The highest BCUT2D eigenvalue weighted by atomic mass is 32.1. The van der Waals surface area contributed by atoms with Crippen LogP contribution in [0.5, 0.6) is 0 Å². The van der Waals surface area contributed by atoms with Gasteiger partial charge in [0.1, 0.15) is 0 Å². The molecule has 4 heteroatoms. The van der Waals surface area contributed by atoms with E-state index in [1.165, 1.54) is 4.88 Å². The van der Waals surface area contributed by atoms with Crippen molar-refractivity contribution in [3.05, 3.63) is 22.4 Å². The van der Waals surface area contributed by atoms with Crippen LogP contribution in [0.1, 0.15) is 24.8 Å². The largest absolute Gasteiger partial charge is 0.377 e. The molecule has 0 aliphatic heterocycles. The van der Waals surface area contributed by atoms with Gasteiger partial charge in [0.25, 0.3) is 0 Å². The van der Waals surface area contributed by atoms with Crippen molar-refractivity contribution >= 4 is 11.3 Å². The maximum Gasteiger partial charge on any atom is 0.0837 e. The van der Waals surface area contributed by atoms with Crippen LogP contribution in [0.3, 0.4) is 0 Å². The molecule has 1 unspecified atom stereocenters. The van der Waals surface area contributed by atoms with Crippen molar-refractivity contribution in [1.29, 1.82) is 0 Å². The monoisotopic (exact) mass is 200 g/mol. The molecule has 0 radical (unpaired) electrons. The van der Waals surface area contributed by atoms with E-state index in [1.54, 1.807) is 18.4 Å². The molecule has 0 aliphatic carbocycles. The van der Waals surface area contributed by atoms with Gasteiger partial charge in [-0.25, -0.2) is 5.43 Å². The summed E-state index contributed by atoms with van der Waals surface area (Å²) < 4.78 is 5.38. The summed E-state index contributed by atoms with van der Waals surface area (Å²) in [4.78, 5) is 1.19. The third-order valence-corrected chi connectivity index (χ3v) is 3.15. The maximum absolute atomic E-state index is 5.50. The molecular formula is C9H16N2OS. The third kappa shape index (κ3) is 2.28. The molecule has 0 saturated heterocycles. The first-order chi connectivity index (χ1) is 6.11. The molecule has 0 spiro atoms. The van der Waals surface area contributed by atoms with Gasteiger partial charge in [-0.1, -0.05) is 6.07 Å². The summed E-state index contributed by atoms with van der Waals surface area (Å²) in [7, 11) is 1.69. The topological polar surface area (TPSA) is 47.3 Å². The fourth-order valence-electron chi connectivity index (χ4n) is 1.20. The summed E-state index contributed by atoms with van der Waals surface area (Å²) in [6.45, 7) is 4.02. The van der Waals surface area contributed by atoms with Gasteiger partial charge >= 0.3 is 0 Å². The first-order valence-corrected chi connectivity index (χ1v) is 5.04. The standard InChI is InChI=1S/C9H16N2OS/c1-9(2,12-3)8(11-10)7-5-4-6-13-7/h4-6,8,11H,10H2,1-3H3. The SMILES string of the molecule is COC(C)(C)C(NN)c1cccs1. The summed E-state index contributed by atoms with van der Waals surface area (Å²) >= 11 is 1.68. The fourth-order valence-corrected chi connectivity index (χ4v) is 2.16. The van der Waals surface area contributed by atoms with Gasteiger partial charge in [0, 0.05) is 12.0 Å². The molecule has 0 amide bonds. The van der Waals surface area contributed by atoms with Crippen molar-refractivity contribution in [2.45, 2.75) is 25.5 Å². The van der Waals surface area contributed by atoms with Crippen molar-refractivity contribution in [1.82, 2.24) is 5.43 Å². The van der Waals surface area contributed by atoms with Crippen LogP contribution in [0.25, 0.3) is 0 Å². The van der Waals surface area contributed by atoms with Crippen molar-refractivity contribution in [3.63, 3.8) is 0 Å². The van der Waals surface area contributed by atoms with Crippen LogP contribution in [0.15, 0.2) is 17.5 Å². The van der Waals surface area contributed by atoms with Gasteiger partial charge in [-0.2, -0.15) is 0 Å². The minimum absolute atomic E-state index is 0.0394. The van der Waals surface area contributed by atoms with E-state index in [-0.39, 0.29) is 11.6 Å². The molecule has 13 heavy (non-hydrogen) atoms. The summed E-state index contributed by atoms with van der Waals surface area (Å²) in [5.74, 6) is 5.50.